The summed E-state index contributed by atoms with van der Waals surface area (Å²) < 4.78 is 0. The highest BCUT2D eigenvalue weighted by Gasteiger charge is 2.53. The van der Waals surface area contributed by atoms with E-state index in [1.54, 1.807) is 0 Å². The molecule has 27 heavy (non-hydrogen) atoms. The van der Waals surface area contributed by atoms with E-state index in [1.807, 2.05) is 42.5 Å². The van der Waals surface area contributed by atoms with Crippen molar-refractivity contribution in [2.45, 2.75) is 12.0 Å². The maximum absolute atomic E-state index is 13.3. The average Bonchev–Trinajstić information content (AvgIpc) is 3.26. The summed E-state index contributed by atoms with van der Waals surface area (Å²) in [6.45, 7) is 0.888. The number of benzene rings is 3. The Labute approximate surface area is 157 Å². The monoisotopic (exact) mass is 351 g/mol. The number of amides is 1. The van der Waals surface area contributed by atoms with Crippen molar-refractivity contribution >= 4 is 23.1 Å². The van der Waals surface area contributed by atoms with Crippen LogP contribution in [0.3, 0.4) is 0 Å². The highest BCUT2D eigenvalue weighted by molar-refractivity contribution is 6.19. The van der Waals surface area contributed by atoms with Gasteiger partial charge >= 0.3 is 0 Å². The van der Waals surface area contributed by atoms with Gasteiger partial charge in [-0.1, -0.05) is 66.7 Å². The van der Waals surface area contributed by atoms with Crippen molar-refractivity contribution < 1.29 is 4.79 Å². The predicted molar refractivity (Wildman–Crippen MR) is 106 cm³/mol. The SMILES string of the molecule is O=C1Nc2ccccc2C12N=C(c1ccccc1)N1CCc3cccc2c31. The maximum atomic E-state index is 13.3. The number of carbonyl (C=O) groups excluding carboxylic acids is 1. The molecule has 0 radical (unpaired) electrons. The molecule has 0 aromatic heterocycles. The number of hydrogen-bond acceptors (Lipinski definition) is 3. The third-order valence-electron chi connectivity index (χ3n) is 5.84. The van der Waals surface area contributed by atoms with Crippen molar-refractivity contribution in [3.63, 3.8) is 0 Å². The van der Waals surface area contributed by atoms with Crippen LogP contribution in [0.5, 0.6) is 0 Å². The normalized spacial score (nSPS) is 21.7. The van der Waals surface area contributed by atoms with Crippen molar-refractivity contribution in [3.05, 3.63) is 95.1 Å². The number of fused-ring (bicyclic) bond motifs is 3. The van der Waals surface area contributed by atoms with Crippen LogP contribution in [0.2, 0.25) is 0 Å². The number of rotatable bonds is 1. The number of aliphatic imine (C=N–C) groups is 1. The van der Waals surface area contributed by atoms with Crippen LogP contribution in [-0.2, 0) is 16.8 Å². The lowest BCUT2D eigenvalue weighted by Crippen LogP contribution is -2.44. The van der Waals surface area contributed by atoms with Crippen LogP contribution in [0.4, 0.5) is 11.4 Å². The molecule has 0 saturated carbocycles. The highest BCUT2D eigenvalue weighted by atomic mass is 16.2. The fourth-order valence-electron chi connectivity index (χ4n) is 4.67. The molecule has 0 bridgehead atoms. The number of hydrogen-bond donors (Lipinski definition) is 1. The molecule has 3 heterocycles. The number of para-hydroxylation sites is 2. The second kappa shape index (κ2) is 5.07. The van der Waals surface area contributed by atoms with Crippen molar-refractivity contribution in [1.82, 2.24) is 0 Å². The van der Waals surface area contributed by atoms with Crippen molar-refractivity contribution in [1.29, 1.82) is 0 Å². The summed E-state index contributed by atoms with van der Waals surface area (Å²) in [6, 6.07) is 24.4. The third-order valence-corrected chi connectivity index (χ3v) is 5.84. The molecule has 130 valence electrons. The Balaban J connectivity index is 1.72. The summed E-state index contributed by atoms with van der Waals surface area (Å²) in [7, 11) is 0. The third kappa shape index (κ3) is 1.77. The van der Waals surface area contributed by atoms with Crippen LogP contribution in [0.25, 0.3) is 0 Å². The first-order chi connectivity index (χ1) is 13.3. The van der Waals surface area contributed by atoms with Gasteiger partial charge < -0.3 is 10.2 Å². The molecule has 4 heteroatoms. The zero-order valence-corrected chi connectivity index (χ0v) is 14.6. The summed E-state index contributed by atoms with van der Waals surface area (Å²) in [5.41, 5.74) is 5.22. The Kier molecular flexibility index (Phi) is 2.77. The number of nitrogens with one attached hydrogen (secondary N) is 1. The zero-order chi connectivity index (χ0) is 18.0. The molecule has 3 aromatic rings. The molecular formula is C23H17N3O. The van der Waals surface area contributed by atoms with E-state index in [1.165, 1.54) is 5.56 Å². The molecule has 1 N–H and O–H groups in total. The molecule has 1 spiro atoms. The Morgan fingerprint density at radius 3 is 2.56 bits per heavy atom. The molecule has 0 aliphatic carbocycles. The fourth-order valence-corrected chi connectivity index (χ4v) is 4.67. The summed E-state index contributed by atoms with van der Waals surface area (Å²) in [4.78, 5) is 20.8. The maximum Gasteiger partial charge on any atom is 0.261 e. The standard InChI is InChI=1S/C23H17N3O/c27-22-23(17-10-4-5-12-19(17)24-22)18-11-6-9-15-13-14-26(20(15)18)21(25-23)16-7-2-1-3-8-16/h1-12H,13-14H2,(H,24,27). The van der Waals surface area contributed by atoms with Gasteiger partial charge in [-0.05, 0) is 18.1 Å². The smallest absolute Gasteiger partial charge is 0.261 e. The molecule has 1 atom stereocenters. The van der Waals surface area contributed by atoms with E-state index in [9.17, 15) is 4.79 Å². The summed E-state index contributed by atoms with van der Waals surface area (Å²) in [5, 5.41) is 3.06. The second-order valence-corrected chi connectivity index (χ2v) is 7.23. The number of anilines is 2. The lowest BCUT2D eigenvalue weighted by molar-refractivity contribution is -0.119. The molecule has 4 nitrogen and oxygen atoms in total. The number of amidine groups is 1. The van der Waals surface area contributed by atoms with Crippen molar-refractivity contribution in [2.24, 2.45) is 4.99 Å². The Morgan fingerprint density at radius 1 is 0.889 bits per heavy atom. The second-order valence-electron chi connectivity index (χ2n) is 7.23. The summed E-state index contributed by atoms with van der Waals surface area (Å²) in [6.07, 6.45) is 0.967. The largest absolute Gasteiger partial charge is 0.325 e. The van der Waals surface area contributed by atoms with Gasteiger partial charge in [-0.3, -0.25) is 4.79 Å². The first kappa shape index (κ1) is 14.7. The first-order valence-corrected chi connectivity index (χ1v) is 9.25. The lowest BCUT2D eigenvalue weighted by atomic mass is 9.81. The molecule has 1 unspecified atom stereocenters. The van der Waals surface area contributed by atoms with Gasteiger partial charge in [0.1, 0.15) is 5.84 Å². The molecule has 0 saturated heterocycles. The van der Waals surface area contributed by atoms with Crippen LogP contribution in [0, 0.1) is 0 Å². The van der Waals surface area contributed by atoms with Crippen LogP contribution >= 0.6 is 0 Å². The molecule has 1 amide bonds. The topological polar surface area (TPSA) is 44.7 Å². The molecule has 6 rings (SSSR count). The minimum Gasteiger partial charge on any atom is -0.325 e. The summed E-state index contributed by atoms with van der Waals surface area (Å²) in [5.74, 6) is 0.803. The van der Waals surface area contributed by atoms with Gasteiger partial charge in [0.15, 0.2) is 5.54 Å². The van der Waals surface area contributed by atoms with Gasteiger partial charge in [0.05, 0.1) is 5.69 Å². The molecular weight excluding hydrogens is 334 g/mol. The van der Waals surface area contributed by atoms with E-state index >= 15 is 0 Å². The fraction of sp³-hybridized carbons (Fsp3) is 0.130. The van der Waals surface area contributed by atoms with Crippen molar-refractivity contribution in [2.75, 3.05) is 16.8 Å². The minimum absolute atomic E-state index is 0.0721. The molecule has 3 aliphatic heterocycles. The quantitative estimate of drug-likeness (QED) is 0.726. The van der Waals surface area contributed by atoms with Crippen LogP contribution in [0.1, 0.15) is 22.3 Å². The molecule has 3 aliphatic rings. The first-order valence-electron chi connectivity index (χ1n) is 9.25. The lowest BCUT2D eigenvalue weighted by Gasteiger charge is -2.37. The van der Waals surface area contributed by atoms with E-state index in [0.29, 0.717) is 0 Å². The van der Waals surface area contributed by atoms with Crippen LogP contribution in [-0.4, -0.2) is 18.3 Å². The number of nitrogens with zero attached hydrogens (tertiary/aromatic N) is 2. The van der Waals surface area contributed by atoms with E-state index in [2.05, 4.69) is 40.5 Å². The van der Waals surface area contributed by atoms with Crippen molar-refractivity contribution in [3.8, 4) is 0 Å². The Morgan fingerprint density at radius 2 is 1.67 bits per heavy atom. The Bertz CT molecular complexity index is 1140. The van der Waals surface area contributed by atoms with Crippen LogP contribution < -0.4 is 10.2 Å². The van der Waals surface area contributed by atoms with Gasteiger partial charge in [-0.2, -0.15) is 0 Å². The van der Waals surface area contributed by atoms with Crippen LogP contribution in [0.15, 0.2) is 77.8 Å². The van der Waals surface area contributed by atoms with Gasteiger partial charge in [0.2, 0.25) is 0 Å². The predicted octanol–water partition coefficient (Wildman–Crippen LogP) is 3.71. The van der Waals surface area contributed by atoms with Gasteiger partial charge in [0.25, 0.3) is 5.91 Å². The van der Waals surface area contributed by atoms with E-state index in [4.69, 9.17) is 4.99 Å². The molecule has 3 aromatic carbocycles. The van der Waals surface area contributed by atoms with Gasteiger partial charge in [-0.15, -0.1) is 0 Å². The van der Waals surface area contributed by atoms with Gasteiger partial charge in [0, 0.05) is 28.9 Å². The zero-order valence-electron chi connectivity index (χ0n) is 14.6. The summed E-state index contributed by atoms with van der Waals surface area (Å²) >= 11 is 0. The van der Waals surface area contributed by atoms with E-state index in [-0.39, 0.29) is 5.91 Å². The van der Waals surface area contributed by atoms with Gasteiger partial charge in [-0.25, -0.2) is 4.99 Å². The van der Waals surface area contributed by atoms with E-state index in [0.717, 1.165) is 46.9 Å². The van der Waals surface area contributed by atoms with E-state index < -0.39 is 5.54 Å². The highest BCUT2D eigenvalue weighted by Crippen LogP contribution is 2.52. The molecule has 0 fully saturated rings. The average molecular weight is 351 g/mol. The minimum atomic E-state index is -1.02. The number of carbonyl (C=O) groups is 1. The Hall–Kier alpha value is -3.40.